The van der Waals surface area contributed by atoms with Crippen LogP contribution in [-0.2, 0) is 19.1 Å². The maximum atomic E-state index is 10.8. The predicted molar refractivity (Wildman–Crippen MR) is 43.8 cm³/mol. The van der Waals surface area contributed by atoms with E-state index >= 15 is 0 Å². The summed E-state index contributed by atoms with van der Waals surface area (Å²) in [6, 6.07) is 0. The van der Waals surface area contributed by atoms with Crippen LogP contribution in [0.5, 0.6) is 0 Å². The third kappa shape index (κ3) is 4.27. The molecule has 0 spiro atoms. The van der Waals surface area contributed by atoms with Gasteiger partial charge in [0.2, 0.25) is 0 Å². The molecule has 0 aliphatic carbocycles. The quantitative estimate of drug-likeness (QED) is 0.481. The molecule has 0 bridgehead atoms. The maximum absolute atomic E-state index is 10.8. The zero-order chi connectivity index (χ0) is 10.4. The van der Waals surface area contributed by atoms with Gasteiger partial charge in [-0.05, 0) is 0 Å². The Morgan fingerprint density at radius 3 is 2.46 bits per heavy atom. The highest BCUT2D eigenvalue weighted by Gasteiger charge is 2.17. The summed E-state index contributed by atoms with van der Waals surface area (Å²) in [6.45, 7) is 4.20. The van der Waals surface area contributed by atoms with E-state index in [4.69, 9.17) is 0 Å². The average Bonchev–Trinajstić information content (AvgIpc) is 2.11. The van der Waals surface area contributed by atoms with Crippen molar-refractivity contribution in [3.8, 4) is 0 Å². The number of carbonyl (C=O) groups is 2. The second-order valence-corrected chi connectivity index (χ2v) is 2.34. The van der Waals surface area contributed by atoms with Crippen LogP contribution in [0.2, 0.25) is 0 Å². The molecule has 13 heavy (non-hydrogen) atoms. The maximum Gasteiger partial charge on any atom is 0.335 e. The van der Waals surface area contributed by atoms with Crippen LogP contribution >= 0.6 is 0 Å². The summed E-state index contributed by atoms with van der Waals surface area (Å²) in [7, 11) is 1.17. The van der Waals surface area contributed by atoms with Crippen LogP contribution in [0.25, 0.3) is 0 Å². The first kappa shape index (κ1) is 11.6. The van der Waals surface area contributed by atoms with Crippen LogP contribution in [0.1, 0.15) is 6.92 Å². The number of methoxy groups -OCH3 is 1. The Labute approximate surface area is 75.9 Å². The number of aliphatic hydroxyl groups excluding tert-OH is 1. The molecule has 1 N–H and O–H groups in total. The first-order valence-corrected chi connectivity index (χ1v) is 3.57. The van der Waals surface area contributed by atoms with Gasteiger partial charge in [-0.1, -0.05) is 6.58 Å². The van der Waals surface area contributed by atoms with E-state index in [-0.39, 0.29) is 12.2 Å². The second-order valence-electron chi connectivity index (χ2n) is 2.34. The molecule has 0 unspecified atom stereocenters. The van der Waals surface area contributed by atoms with Crippen molar-refractivity contribution in [2.45, 2.75) is 13.0 Å². The predicted octanol–water partition coefficient (Wildman–Crippen LogP) is -0.360. The second kappa shape index (κ2) is 5.31. The molecular weight excluding hydrogens is 176 g/mol. The fourth-order valence-corrected chi connectivity index (χ4v) is 0.564. The van der Waals surface area contributed by atoms with E-state index in [0.29, 0.717) is 0 Å². The van der Waals surface area contributed by atoms with Gasteiger partial charge in [0.25, 0.3) is 0 Å². The van der Waals surface area contributed by atoms with Crippen LogP contribution in [-0.4, -0.2) is 36.9 Å². The zero-order valence-corrected chi connectivity index (χ0v) is 7.57. The molecule has 0 aromatic rings. The molecule has 0 saturated carbocycles. The third-order valence-corrected chi connectivity index (χ3v) is 1.29. The van der Waals surface area contributed by atoms with Crippen molar-refractivity contribution in [2.24, 2.45) is 0 Å². The molecule has 0 heterocycles. The van der Waals surface area contributed by atoms with E-state index in [1.807, 2.05) is 0 Å². The zero-order valence-electron chi connectivity index (χ0n) is 7.57. The molecule has 0 aliphatic heterocycles. The number of hydrogen-bond acceptors (Lipinski definition) is 5. The smallest absolute Gasteiger partial charge is 0.335 e. The van der Waals surface area contributed by atoms with E-state index < -0.39 is 18.0 Å². The minimum atomic E-state index is -1.21. The van der Waals surface area contributed by atoms with E-state index in [1.165, 1.54) is 14.0 Å². The molecule has 0 amide bonds. The molecule has 1 atom stereocenters. The fraction of sp³-hybridized carbons (Fsp3) is 0.500. The van der Waals surface area contributed by atoms with Gasteiger partial charge in [0.15, 0.2) is 0 Å². The van der Waals surface area contributed by atoms with E-state index in [0.717, 1.165) is 0 Å². The number of carbonyl (C=O) groups excluding carboxylic acids is 2. The number of ether oxygens (including phenoxy) is 2. The molecule has 0 radical (unpaired) electrons. The van der Waals surface area contributed by atoms with Crippen LogP contribution in [0.3, 0.4) is 0 Å². The first-order chi connectivity index (χ1) is 5.99. The van der Waals surface area contributed by atoms with Crippen LogP contribution < -0.4 is 0 Å². The number of esters is 2. The Bertz CT molecular complexity index is 221. The van der Waals surface area contributed by atoms with Crippen molar-refractivity contribution >= 4 is 11.9 Å². The van der Waals surface area contributed by atoms with Crippen LogP contribution in [0, 0.1) is 0 Å². The summed E-state index contributed by atoms with van der Waals surface area (Å²) in [5.41, 5.74) is -0.135. The minimum Gasteiger partial charge on any atom is -0.466 e. The molecule has 5 heteroatoms. The molecule has 0 aliphatic rings. The lowest BCUT2D eigenvalue weighted by Gasteiger charge is -2.10. The standard InChI is InChI=1S/C8H12O5/c1-5(8(11)12-3)7(10)4-13-6(2)9/h7,10H,1,4H2,2-3H3/t7-/m0/s1. The monoisotopic (exact) mass is 188 g/mol. The Morgan fingerprint density at radius 1 is 1.54 bits per heavy atom. The van der Waals surface area contributed by atoms with Gasteiger partial charge in [0.05, 0.1) is 12.7 Å². The van der Waals surface area contributed by atoms with Crippen molar-refractivity contribution in [2.75, 3.05) is 13.7 Å². The van der Waals surface area contributed by atoms with E-state index in [1.54, 1.807) is 0 Å². The molecule has 0 fully saturated rings. The summed E-state index contributed by atoms with van der Waals surface area (Å²) in [4.78, 5) is 21.1. The lowest BCUT2D eigenvalue weighted by molar-refractivity contribution is -0.145. The Hall–Kier alpha value is -1.36. The Morgan fingerprint density at radius 2 is 2.08 bits per heavy atom. The van der Waals surface area contributed by atoms with Gasteiger partial charge < -0.3 is 14.6 Å². The fourth-order valence-electron chi connectivity index (χ4n) is 0.564. The number of hydrogen-bond donors (Lipinski definition) is 1. The third-order valence-electron chi connectivity index (χ3n) is 1.29. The average molecular weight is 188 g/mol. The summed E-state index contributed by atoms with van der Waals surface area (Å²) in [6.07, 6.45) is -1.21. The van der Waals surface area contributed by atoms with Crippen molar-refractivity contribution in [3.63, 3.8) is 0 Å². The molecule has 74 valence electrons. The summed E-state index contributed by atoms with van der Waals surface area (Å²) >= 11 is 0. The van der Waals surface area contributed by atoms with Gasteiger partial charge in [-0.3, -0.25) is 4.79 Å². The van der Waals surface area contributed by atoms with Gasteiger partial charge >= 0.3 is 11.9 Å². The first-order valence-electron chi connectivity index (χ1n) is 3.57. The number of aliphatic hydroxyl groups is 1. The molecular formula is C8H12O5. The highest BCUT2D eigenvalue weighted by Crippen LogP contribution is 2.02. The van der Waals surface area contributed by atoms with Gasteiger partial charge in [-0.25, -0.2) is 4.79 Å². The highest BCUT2D eigenvalue weighted by molar-refractivity contribution is 5.88. The van der Waals surface area contributed by atoms with Gasteiger partial charge in [0, 0.05) is 6.92 Å². The van der Waals surface area contributed by atoms with Gasteiger partial charge in [-0.15, -0.1) is 0 Å². The molecule has 0 rings (SSSR count). The van der Waals surface area contributed by atoms with Crippen LogP contribution in [0.15, 0.2) is 12.2 Å². The van der Waals surface area contributed by atoms with Gasteiger partial charge in [-0.2, -0.15) is 0 Å². The molecule has 0 aromatic heterocycles. The van der Waals surface area contributed by atoms with Gasteiger partial charge in [0.1, 0.15) is 12.7 Å². The normalized spacial score (nSPS) is 11.6. The Kier molecular flexibility index (Phi) is 4.76. The van der Waals surface area contributed by atoms with Crippen molar-refractivity contribution in [1.29, 1.82) is 0 Å². The minimum absolute atomic E-state index is 0.135. The lowest BCUT2D eigenvalue weighted by atomic mass is 10.2. The summed E-state index contributed by atoms with van der Waals surface area (Å²) < 4.78 is 8.76. The van der Waals surface area contributed by atoms with E-state index in [9.17, 15) is 14.7 Å². The summed E-state index contributed by atoms with van der Waals surface area (Å²) in [5.74, 6) is -1.25. The largest absolute Gasteiger partial charge is 0.466 e. The van der Waals surface area contributed by atoms with Crippen molar-refractivity contribution in [1.82, 2.24) is 0 Å². The van der Waals surface area contributed by atoms with E-state index in [2.05, 4.69) is 16.1 Å². The Balaban J connectivity index is 3.96. The SMILES string of the molecule is C=C(C(=O)OC)[C@@H](O)COC(C)=O. The summed E-state index contributed by atoms with van der Waals surface area (Å²) in [5, 5.41) is 9.19. The van der Waals surface area contributed by atoms with Crippen molar-refractivity contribution < 1.29 is 24.2 Å². The topological polar surface area (TPSA) is 72.8 Å². The molecule has 5 nitrogen and oxygen atoms in total. The van der Waals surface area contributed by atoms with Crippen molar-refractivity contribution in [3.05, 3.63) is 12.2 Å². The van der Waals surface area contributed by atoms with Crippen LogP contribution in [0.4, 0.5) is 0 Å². The molecule has 0 aromatic carbocycles. The lowest BCUT2D eigenvalue weighted by Crippen LogP contribution is -2.24. The molecule has 0 saturated heterocycles. The highest BCUT2D eigenvalue weighted by atomic mass is 16.5. The number of rotatable bonds is 4.